The van der Waals surface area contributed by atoms with Crippen LogP contribution in [0.2, 0.25) is 0 Å². The predicted octanol–water partition coefficient (Wildman–Crippen LogP) is 1.64. The highest BCUT2D eigenvalue weighted by molar-refractivity contribution is 5.43. The molecule has 0 fully saturated rings. The second-order valence-electron chi connectivity index (χ2n) is 3.30. The number of hydrogen-bond donors (Lipinski definition) is 2. The van der Waals surface area contributed by atoms with Gasteiger partial charge in [0.2, 0.25) is 0 Å². The van der Waals surface area contributed by atoms with Gasteiger partial charge >= 0.3 is 0 Å². The van der Waals surface area contributed by atoms with Gasteiger partial charge in [-0.15, -0.1) is 0 Å². The number of rotatable bonds is 1. The van der Waals surface area contributed by atoms with Gasteiger partial charge in [0.15, 0.2) is 0 Å². The van der Waals surface area contributed by atoms with Crippen LogP contribution in [0.25, 0.3) is 0 Å². The highest BCUT2D eigenvalue weighted by Crippen LogP contribution is 2.22. The topological polar surface area (TPSA) is 46.2 Å². The molecule has 0 atom stereocenters. The fourth-order valence-electron chi connectivity index (χ4n) is 0.924. The lowest BCUT2D eigenvalue weighted by atomic mass is 9.98. The van der Waals surface area contributed by atoms with Gasteiger partial charge in [0.05, 0.1) is 11.3 Å². The van der Waals surface area contributed by atoms with Crippen molar-refractivity contribution in [2.24, 2.45) is 0 Å². The average Bonchev–Trinajstić information content (AvgIpc) is 1.92. The van der Waals surface area contributed by atoms with E-state index in [9.17, 15) is 9.50 Å². The molecule has 1 aromatic carbocycles. The van der Waals surface area contributed by atoms with Crippen molar-refractivity contribution in [1.29, 1.82) is 0 Å². The molecule has 0 aliphatic heterocycles. The van der Waals surface area contributed by atoms with Crippen molar-refractivity contribution in [1.82, 2.24) is 0 Å². The average molecular weight is 169 g/mol. The lowest BCUT2D eigenvalue weighted by Gasteiger charge is -2.17. The van der Waals surface area contributed by atoms with E-state index in [-0.39, 0.29) is 5.69 Å². The minimum absolute atomic E-state index is 0.0645. The van der Waals surface area contributed by atoms with Crippen LogP contribution >= 0.6 is 0 Å². The van der Waals surface area contributed by atoms with Gasteiger partial charge in [-0.05, 0) is 31.5 Å². The highest BCUT2D eigenvalue weighted by atomic mass is 19.1. The summed E-state index contributed by atoms with van der Waals surface area (Å²) < 4.78 is 12.7. The van der Waals surface area contributed by atoms with E-state index >= 15 is 0 Å². The van der Waals surface area contributed by atoms with Crippen LogP contribution in [-0.2, 0) is 5.60 Å². The normalized spacial score (nSPS) is 11.7. The monoisotopic (exact) mass is 169 g/mol. The Balaban J connectivity index is 3.14. The summed E-state index contributed by atoms with van der Waals surface area (Å²) in [6.07, 6.45) is 0. The largest absolute Gasteiger partial charge is 0.396 e. The molecular weight excluding hydrogens is 157 g/mol. The molecule has 0 saturated carbocycles. The van der Waals surface area contributed by atoms with Gasteiger partial charge in [-0.25, -0.2) is 4.39 Å². The first-order chi connectivity index (χ1) is 5.41. The Morgan fingerprint density at radius 2 is 2.00 bits per heavy atom. The molecular formula is C9H12FNO. The van der Waals surface area contributed by atoms with E-state index in [4.69, 9.17) is 5.73 Å². The summed E-state index contributed by atoms with van der Waals surface area (Å²) in [5, 5.41) is 9.53. The number of benzene rings is 1. The number of halogens is 1. The molecule has 0 aliphatic carbocycles. The molecule has 0 bridgehead atoms. The van der Waals surface area contributed by atoms with Crippen LogP contribution in [0.5, 0.6) is 0 Å². The smallest absolute Gasteiger partial charge is 0.146 e. The molecule has 0 unspecified atom stereocenters. The third-order valence-corrected chi connectivity index (χ3v) is 1.70. The Hall–Kier alpha value is -1.09. The van der Waals surface area contributed by atoms with Gasteiger partial charge in [-0.2, -0.15) is 0 Å². The number of nitrogens with two attached hydrogens (primary N) is 1. The molecule has 1 rings (SSSR count). The van der Waals surface area contributed by atoms with E-state index in [0.717, 1.165) is 0 Å². The van der Waals surface area contributed by atoms with Crippen molar-refractivity contribution in [2.75, 3.05) is 5.73 Å². The molecule has 0 saturated heterocycles. The van der Waals surface area contributed by atoms with Crippen LogP contribution in [0.15, 0.2) is 18.2 Å². The zero-order chi connectivity index (χ0) is 9.35. The maximum atomic E-state index is 12.7. The molecule has 3 heteroatoms. The van der Waals surface area contributed by atoms with E-state index in [2.05, 4.69) is 0 Å². The first kappa shape index (κ1) is 9.00. The quantitative estimate of drug-likeness (QED) is 0.628. The molecule has 3 N–H and O–H groups in total. The van der Waals surface area contributed by atoms with Gasteiger partial charge in [-0.3, -0.25) is 0 Å². The molecule has 0 aliphatic rings. The third-order valence-electron chi connectivity index (χ3n) is 1.70. The SMILES string of the molecule is CC(C)(O)c1ccc(F)c(N)c1. The highest BCUT2D eigenvalue weighted by Gasteiger charge is 2.16. The second kappa shape index (κ2) is 2.75. The van der Waals surface area contributed by atoms with Gasteiger partial charge in [-0.1, -0.05) is 6.07 Å². The third kappa shape index (κ3) is 1.74. The maximum absolute atomic E-state index is 12.7. The molecule has 0 radical (unpaired) electrons. The molecule has 0 aromatic heterocycles. The standard InChI is InChI=1S/C9H12FNO/c1-9(2,12)6-3-4-7(10)8(11)5-6/h3-5,12H,11H2,1-2H3. The summed E-state index contributed by atoms with van der Waals surface area (Å²) >= 11 is 0. The van der Waals surface area contributed by atoms with Crippen LogP contribution in [0.3, 0.4) is 0 Å². The van der Waals surface area contributed by atoms with Gasteiger partial charge in [0.25, 0.3) is 0 Å². The Morgan fingerprint density at radius 1 is 1.42 bits per heavy atom. The number of hydrogen-bond acceptors (Lipinski definition) is 2. The molecule has 1 aromatic rings. The van der Waals surface area contributed by atoms with E-state index < -0.39 is 11.4 Å². The molecule has 0 heterocycles. The van der Waals surface area contributed by atoms with E-state index in [0.29, 0.717) is 5.56 Å². The second-order valence-corrected chi connectivity index (χ2v) is 3.30. The van der Waals surface area contributed by atoms with Crippen molar-refractivity contribution in [3.63, 3.8) is 0 Å². The van der Waals surface area contributed by atoms with Gasteiger partial charge < -0.3 is 10.8 Å². The first-order valence-corrected chi connectivity index (χ1v) is 3.69. The molecule has 66 valence electrons. The number of aliphatic hydroxyl groups is 1. The Kier molecular flexibility index (Phi) is 2.06. The van der Waals surface area contributed by atoms with E-state index in [1.165, 1.54) is 18.2 Å². The lowest BCUT2D eigenvalue weighted by molar-refractivity contribution is 0.0786. The van der Waals surface area contributed by atoms with Crippen LogP contribution in [0.1, 0.15) is 19.4 Å². The predicted molar refractivity (Wildman–Crippen MR) is 46.1 cm³/mol. The van der Waals surface area contributed by atoms with Crippen LogP contribution < -0.4 is 5.73 Å². The summed E-state index contributed by atoms with van der Waals surface area (Å²) in [6, 6.07) is 4.21. The van der Waals surface area contributed by atoms with Gasteiger partial charge in [0, 0.05) is 0 Å². The summed E-state index contributed by atoms with van der Waals surface area (Å²) in [5.41, 5.74) is 5.04. The fourth-order valence-corrected chi connectivity index (χ4v) is 0.924. The zero-order valence-electron chi connectivity index (χ0n) is 7.13. The van der Waals surface area contributed by atoms with Gasteiger partial charge in [0.1, 0.15) is 5.82 Å². The zero-order valence-corrected chi connectivity index (χ0v) is 7.13. The maximum Gasteiger partial charge on any atom is 0.146 e. The summed E-state index contributed by atoms with van der Waals surface area (Å²) in [5.74, 6) is -0.456. The molecule has 0 spiro atoms. The van der Waals surface area contributed by atoms with Crippen molar-refractivity contribution >= 4 is 5.69 Å². The minimum Gasteiger partial charge on any atom is -0.396 e. The van der Waals surface area contributed by atoms with Crippen molar-refractivity contribution in [2.45, 2.75) is 19.4 Å². The number of anilines is 1. The Morgan fingerprint density at radius 3 is 2.42 bits per heavy atom. The minimum atomic E-state index is -0.970. The van der Waals surface area contributed by atoms with E-state index in [1.807, 2.05) is 0 Å². The van der Waals surface area contributed by atoms with Crippen molar-refractivity contribution in [3.05, 3.63) is 29.6 Å². The van der Waals surface area contributed by atoms with Crippen LogP contribution in [-0.4, -0.2) is 5.11 Å². The molecule has 2 nitrogen and oxygen atoms in total. The number of nitrogen functional groups attached to an aromatic ring is 1. The lowest BCUT2D eigenvalue weighted by Crippen LogP contribution is -2.15. The van der Waals surface area contributed by atoms with E-state index in [1.54, 1.807) is 13.8 Å². The summed E-state index contributed by atoms with van der Waals surface area (Å²) in [4.78, 5) is 0. The fraction of sp³-hybridized carbons (Fsp3) is 0.333. The molecule has 12 heavy (non-hydrogen) atoms. The first-order valence-electron chi connectivity index (χ1n) is 3.69. The molecule has 0 amide bonds. The van der Waals surface area contributed by atoms with Crippen LogP contribution in [0.4, 0.5) is 10.1 Å². The summed E-state index contributed by atoms with van der Waals surface area (Å²) in [6.45, 7) is 3.25. The Bertz CT molecular complexity index is 291. The van der Waals surface area contributed by atoms with Crippen molar-refractivity contribution in [3.8, 4) is 0 Å². The van der Waals surface area contributed by atoms with Crippen molar-refractivity contribution < 1.29 is 9.50 Å². The Labute approximate surface area is 70.8 Å². The van der Waals surface area contributed by atoms with Crippen LogP contribution in [0, 0.1) is 5.82 Å². The summed E-state index contributed by atoms with van der Waals surface area (Å²) in [7, 11) is 0.